The van der Waals surface area contributed by atoms with Crippen molar-refractivity contribution in [3.05, 3.63) is 33.1 Å². The third-order valence-corrected chi connectivity index (χ3v) is 4.34. The van der Waals surface area contributed by atoms with E-state index in [2.05, 4.69) is 20.0 Å². The molecule has 0 amide bonds. The molecule has 0 radical (unpaired) electrons. The maximum absolute atomic E-state index is 12.1. The Balaban J connectivity index is 0.00000242. The zero-order chi connectivity index (χ0) is 15.6. The van der Waals surface area contributed by atoms with Crippen LogP contribution in [-0.4, -0.2) is 43.0 Å². The van der Waals surface area contributed by atoms with Crippen LogP contribution >= 0.6 is 12.4 Å². The third kappa shape index (κ3) is 3.91. The van der Waals surface area contributed by atoms with E-state index in [0.717, 1.165) is 6.20 Å². The maximum atomic E-state index is 12.1. The summed E-state index contributed by atoms with van der Waals surface area (Å²) in [6.45, 7) is 2.01. The van der Waals surface area contributed by atoms with E-state index in [-0.39, 0.29) is 40.9 Å². The third-order valence-electron chi connectivity index (χ3n) is 2.95. The average molecular weight is 350 g/mol. The van der Waals surface area contributed by atoms with E-state index in [1.807, 2.05) is 11.9 Å². The molecule has 0 aliphatic rings. The number of aromatic nitrogens is 3. The molecule has 1 unspecified atom stereocenters. The second kappa shape index (κ2) is 7.01. The van der Waals surface area contributed by atoms with Crippen molar-refractivity contribution in [2.24, 2.45) is 0 Å². The lowest BCUT2D eigenvalue weighted by molar-refractivity contribution is 0.554. The van der Waals surface area contributed by atoms with Crippen molar-refractivity contribution in [3.8, 4) is 0 Å². The molecule has 0 saturated heterocycles. The van der Waals surface area contributed by atoms with Crippen LogP contribution in [0.15, 0.2) is 26.7 Å². The molecule has 2 heterocycles. The molecule has 0 fully saturated rings. The SMILES string of the molecule is CNC(C)CNS(=O)(=O)c1cnc2[nH]c(=O)[nH]c(=O)c2c1.Cl. The van der Waals surface area contributed by atoms with Crippen LogP contribution in [0, 0.1) is 0 Å². The average Bonchev–Trinajstić information content (AvgIpc) is 2.44. The number of pyridine rings is 1. The summed E-state index contributed by atoms with van der Waals surface area (Å²) in [5.74, 6) is 0. The monoisotopic (exact) mass is 349 g/mol. The molecule has 9 nitrogen and oxygen atoms in total. The van der Waals surface area contributed by atoms with Crippen LogP contribution in [0.4, 0.5) is 0 Å². The molecule has 0 saturated carbocycles. The number of rotatable bonds is 5. The van der Waals surface area contributed by atoms with Crippen LogP contribution in [0.5, 0.6) is 0 Å². The van der Waals surface area contributed by atoms with Crippen molar-refractivity contribution >= 4 is 33.5 Å². The standard InChI is InChI=1S/C11H15N5O4S.ClH/c1-6(12-2)4-14-21(19,20)7-3-8-9(13-5-7)15-11(18)16-10(8)17;/h3,5-6,12,14H,4H2,1-2H3,(H2,13,15,16,17,18);1H. The second-order valence-electron chi connectivity index (χ2n) is 4.52. The van der Waals surface area contributed by atoms with E-state index in [1.54, 1.807) is 7.05 Å². The quantitative estimate of drug-likeness (QED) is 0.542. The van der Waals surface area contributed by atoms with E-state index >= 15 is 0 Å². The van der Waals surface area contributed by atoms with E-state index in [4.69, 9.17) is 0 Å². The first-order chi connectivity index (χ1) is 9.83. The Kier molecular flexibility index (Phi) is 5.83. The number of nitrogens with one attached hydrogen (secondary N) is 4. The molecule has 0 aliphatic carbocycles. The highest BCUT2D eigenvalue weighted by atomic mass is 35.5. The van der Waals surface area contributed by atoms with Crippen LogP contribution in [0.3, 0.4) is 0 Å². The van der Waals surface area contributed by atoms with Gasteiger partial charge in [-0.25, -0.2) is 22.9 Å². The minimum atomic E-state index is -3.78. The topological polar surface area (TPSA) is 137 Å². The molecule has 122 valence electrons. The van der Waals surface area contributed by atoms with Crippen molar-refractivity contribution in [2.45, 2.75) is 17.9 Å². The fourth-order valence-corrected chi connectivity index (χ4v) is 2.70. The lowest BCUT2D eigenvalue weighted by Crippen LogP contribution is -2.37. The summed E-state index contributed by atoms with van der Waals surface area (Å²) in [6.07, 6.45) is 1.09. The fraction of sp³-hybridized carbons (Fsp3) is 0.364. The minimum absolute atomic E-state index is 0. The van der Waals surface area contributed by atoms with Crippen molar-refractivity contribution in [2.75, 3.05) is 13.6 Å². The molecule has 0 aliphatic heterocycles. The van der Waals surface area contributed by atoms with Gasteiger partial charge in [-0.2, -0.15) is 0 Å². The second-order valence-corrected chi connectivity index (χ2v) is 6.28. The van der Waals surface area contributed by atoms with Gasteiger partial charge in [-0.15, -0.1) is 12.4 Å². The van der Waals surface area contributed by atoms with Gasteiger partial charge in [-0.1, -0.05) is 0 Å². The van der Waals surface area contributed by atoms with Crippen molar-refractivity contribution < 1.29 is 8.42 Å². The Bertz CT molecular complexity index is 876. The Labute approximate surface area is 132 Å². The molecule has 2 aromatic heterocycles. The first-order valence-corrected chi connectivity index (χ1v) is 7.61. The van der Waals surface area contributed by atoms with Gasteiger partial charge in [-0.3, -0.25) is 14.8 Å². The molecule has 4 N–H and O–H groups in total. The Morgan fingerprint density at radius 3 is 2.64 bits per heavy atom. The van der Waals surface area contributed by atoms with Gasteiger partial charge in [0.1, 0.15) is 10.5 Å². The largest absolute Gasteiger partial charge is 0.327 e. The summed E-state index contributed by atoms with van der Waals surface area (Å²) < 4.78 is 26.6. The Morgan fingerprint density at radius 2 is 2.00 bits per heavy atom. The highest BCUT2D eigenvalue weighted by Gasteiger charge is 2.17. The van der Waals surface area contributed by atoms with Crippen molar-refractivity contribution in [3.63, 3.8) is 0 Å². The summed E-state index contributed by atoms with van der Waals surface area (Å²) in [4.78, 5) is 30.8. The molecule has 2 rings (SSSR count). The number of sulfonamides is 1. The lowest BCUT2D eigenvalue weighted by atomic mass is 10.3. The van der Waals surface area contributed by atoms with E-state index < -0.39 is 21.3 Å². The molecule has 2 aromatic rings. The highest BCUT2D eigenvalue weighted by molar-refractivity contribution is 7.89. The smallest absolute Gasteiger partial charge is 0.316 e. The van der Waals surface area contributed by atoms with Crippen LogP contribution in [-0.2, 0) is 10.0 Å². The maximum Gasteiger partial charge on any atom is 0.327 e. The predicted octanol–water partition coefficient (Wildman–Crippen LogP) is -1.08. The summed E-state index contributed by atoms with van der Waals surface area (Å²) in [5.41, 5.74) is -1.36. The Morgan fingerprint density at radius 1 is 1.32 bits per heavy atom. The molecule has 1 atom stereocenters. The number of hydrogen-bond donors (Lipinski definition) is 4. The first kappa shape index (κ1) is 18.3. The van der Waals surface area contributed by atoms with Gasteiger partial charge >= 0.3 is 5.69 Å². The van der Waals surface area contributed by atoms with Crippen molar-refractivity contribution in [1.82, 2.24) is 25.0 Å². The van der Waals surface area contributed by atoms with Gasteiger partial charge in [0.15, 0.2) is 0 Å². The number of fused-ring (bicyclic) bond motifs is 1. The summed E-state index contributed by atoms with van der Waals surface area (Å²) in [7, 11) is -2.07. The van der Waals surface area contributed by atoms with E-state index in [0.29, 0.717) is 0 Å². The minimum Gasteiger partial charge on any atom is -0.316 e. The zero-order valence-corrected chi connectivity index (χ0v) is 13.5. The predicted molar refractivity (Wildman–Crippen MR) is 83.9 cm³/mol. The van der Waals surface area contributed by atoms with Gasteiger partial charge in [0.2, 0.25) is 10.0 Å². The van der Waals surface area contributed by atoms with Crippen LogP contribution in [0.1, 0.15) is 6.92 Å². The highest BCUT2D eigenvalue weighted by Crippen LogP contribution is 2.11. The number of halogens is 1. The first-order valence-electron chi connectivity index (χ1n) is 6.13. The molecular formula is C11H16ClN5O4S. The van der Waals surface area contributed by atoms with E-state index in [1.165, 1.54) is 6.07 Å². The molecular weight excluding hydrogens is 334 g/mol. The van der Waals surface area contributed by atoms with Crippen molar-refractivity contribution in [1.29, 1.82) is 0 Å². The number of hydrogen-bond acceptors (Lipinski definition) is 6. The normalized spacial score (nSPS) is 12.8. The number of H-pyrrole nitrogens is 2. The van der Waals surface area contributed by atoms with Gasteiger partial charge in [0.05, 0.1) is 5.39 Å². The van der Waals surface area contributed by atoms with E-state index in [9.17, 15) is 18.0 Å². The summed E-state index contributed by atoms with van der Waals surface area (Å²) in [6, 6.07) is 1.12. The summed E-state index contributed by atoms with van der Waals surface area (Å²) >= 11 is 0. The fourth-order valence-electron chi connectivity index (χ4n) is 1.59. The number of aromatic amines is 2. The zero-order valence-electron chi connectivity index (χ0n) is 11.8. The Hall–Kier alpha value is -1.75. The molecule has 11 heteroatoms. The van der Waals surface area contributed by atoms with Gasteiger partial charge < -0.3 is 5.32 Å². The van der Waals surface area contributed by atoms with Crippen LogP contribution in [0.2, 0.25) is 0 Å². The number of likely N-dealkylation sites (N-methyl/N-ethyl adjacent to an activating group) is 1. The van der Waals surface area contributed by atoms with Gasteiger partial charge in [0.25, 0.3) is 5.56 Å². The molecule has 0 bridgehead atoms. The molecule has 0 aromatic carbocycles. The lowest BCUT2D eigenvalue weighted by Gasteiger charge is -2.11. The summed E-state index contributed by atoms with van der Waals surface area (Å²) in [5, 5.41) is 2.90. The van der Waals surface area contributed by atoms with Gasteiger partial charge in [0, 0.05) is 18.8 Å². The molecule has 22 heavy (non-hydrogen) atoms. The number of nitrogens with zero attached hydrogens (tertiary/aromatic N) is 1. The molecule has 0 spiro atoms. The van der Waals surface area contributed by atoms with Crippen LogP contribution < -0.4 is 21.3 Å². The van der Waals surface area contributed by atoms with Gasteiger partial charge in [-0.05, 0) is 20.0 Å². The van der Waals surface area contributed by atoms with Crippen LogP contribution in [0.25, 0.3) is 11.0 Å².